The summed E-state index contributed by atoms with van der Waals surface area (Å²) in [5.41, 5.74) is 1.73. The van der Waals surface area contributed by atoms with Crippen LogP contribution in [0.15, 0.2) is 23.6 Å². The SMILES string of the molecule is COc1ccc(Cl)cc1CN1CCN(C(=O)Cc2csc(NC(=O)C(C)C)n2)CC1. The number of piperazine rings is 1. The van der Waals surface area contributed by atoms with E-state index >= 15 is 0 Å². The maximum absolute atomic E-state index is 12.7. The summed E-state index contributed by atoms with van der Waals surface area (Å²) < 4.78 is 5.42. The van der Waals surface area contributed by atoms with Gasteiger partial charge in [-0.1, -0.05) is 25.4 Å². The minimum Gasteiger partial charge on any atom is -0.496 e. The molecule has 162 valence electrons. The molecule has 1 aliphatic rings. The van der Waals surface area contributed by atoms with Crippen molar-refractivity contribution in [3.63, 3.8) is 0 Å². The fourth-order valence-corrected chi connectivity index (χ4v) is 4.14. The van der Waals surface area contributed by atoms with E-state index in [2.05, 4.69) is 15.2 Å². The molecule has 1 aliphatic heterocycles. The lowest BCUT2D eigenvalue weighted by Crippen LogP contribution is -2.48. The molecule has 3 rings (SSSR count). The number of hydrogen-bond acceptors (Lipinski definition) is 6. The summed E-state index contributed by atoms with van der Waals surface area (Å²) in [5.74, 6) is 0.695. The third kappa shape index (κ3) is 5.93. The van der Waals surface area contributed by atoms with Crippen LogP contribution in [0.1, 0.15) is 25.1 Å². The Morgan fingerprint density at radius 2 is 2.00 bits per heavy atom. The normalized spacial score (nSPS) is 14.8. The zero-order chi connectivity index (χ0) is 21.7. The molecule has 1 aromatic heterocycles. The van der Waals surface area contributed by atoms with Gasteiger partial charge in [0.05, 0.1) is 19.2 Å². The molecule has 1 aromatic carbocycles. The first-order valence-electron chi connectivity index (χ1n) is 9.93. The van der Waals surface area contributed by atoms with Gasteiger partial charge in [0.1, 0.15) is 5.75 Å². The van der Waals surface area contributed by atoms with E-state index < -0.39 is 0 Å². The Morgan fingerprint density at radius 1 is 1.27 bits per heavy atom. The summed E-state index contributed by atoms with van der Waals surface area (Å²) >= 11 is 7.47. The number of thiazole rings is 1. The number of halogens is 1. The molecular weight excluding hydrogens is 424 g/mol. The van der Waals surface area contributed by atoms with Crippen molar-refractivity contribution in [1.82, 2.24) is 14.8 Å². The average molecular weight is 451 g/mol. The molecule has 1 saturated heterocycles. The summed E-state index contributed by atoms with van der Waals surface area (Å²) in [5, 5.41) is 5.83. The number of methoxy groups -OCH3 is 1. The topological polar surface area (TPSA) is 74.8 Å². The summed E-state index contributed by atoms with van der Waals surface area (Å²) in [6, 6.07) is 5.62. The van der Waals surface area contributed by atoms with Crippen molar-refractivity contribution in [1.29, 1.82) is 0 Å². The zero-order valence-corrected chi connectivity index (χ0v) is 19.1. The van der Waals surface area contributed by atoms with Crippen LogP contribution in [-0.4, -0.2) is 59.9 Å². The van der Waals surface area contributed by atoms with Gasteiger partial charge in [0, 0.05) is 54.6 Å². The highest BCUT2D eigenvalue weighted by Crippen LogP contribution is 2.24. The van der Waals surface area contributed by atoms with Crippen LogP contribution in [0.2, 0.25) is 5.02 Å². The summed E-state index contributed by atoms with van der Waals surface area (Å²) in [4.78, 5) is 33.0. The molecule has 2 heterocycles. The van der Waals surface area contributed by atoms with Crippen molar-refractivity contribution >= 4 is 39.9 Å². The van der Waals surface area contributed by atoms with Crippen molar-refractivity contribution in [2.75, 3.05) is 38.6 Å². The van der Waals surface area contributed by atoms with E-state index in [-0.39, 0.29) is 24.2 Å². The van der Waals surface area contributed by atoms with Gasteiger partial charge in [0.25, 0.3) is 0 Å². The van der Waals surface area contributed by atoms with Crippen LogP contribution in [0, 0.1) is 5.92 Å². The monoisotopic (exact) mass is 450 g/mol. The molecule has 0 aliphatic carbocycles. The first-order valence-corrected chi connectivity index (χ1v) is 11.2. The molecule has 7 nitrogen and oxygen atoms in total. The fourth-order valence-electron chi connectivity index (χ4n) is 3.23. The molecule has 0 atom stereocenters. The number of amides is 2. The number of carbonyl (C=O) groups is 2. The van der Waals surface area contributed by atoms with Crippen molar-refractivity contribution in [3.8, 4) is 5.75 Å². The molecule has 0 saturated carbocycles. The van der Waals surface area contributed by atoms with E-state index in [0.29, 0.717) is 28.9 Å². The van der Waals surface area contributed by atoms with Crippen LogP contribution >= 0.6 is 22.9 Å². The Kier molecular flexibility index (Phi) is 7.69. The van der Waals surface area contributed by atoms with Gasteiger partial charge in [-0.3, -0.25) is 14.5 Å². The number of ether oxygens (including phenoxy) is 1. The second-order valence-electron chi connectivity index (χ2n) is 7.58. The average Bonchev–Trinajstić information content (AvgIpc) is 3.15. The lowest BCUT2D eigenvalue weighted by Gasteiger charge is -2.35. The van der Waals surface area contributed by atoms with Gasteiger partial charge in [0.15, 0.2) is 5.13 Å². The Morgan fingerprint density at radius 3 is 2.67 bits per heavy atom. The third-order valence-electron chi connectivity index (χ3n) is 5.00. The van der Waals surface area contributed by atoms with Crippen LogP contribution in [0.25, 0.3) is 0 Å². The first-order chi connectivity index (χ1) is 14.4. The van der Waals surface area contributed by atoms with Gasteiger partial charge in [0.2, 0.25) is 11.8 Å². The lowest BCUT2D eigenvalue weighted by atomic mass is 10.1. The Labute approximate surface area is 186 Å². The molecule has 0 spiro atoms. The molecule has 0 unspecified atom stereocenters. The minimum absolute atomic E-state index is 0.0574. The predicted octanol–water partition coefficient (Wildman–Crippen LogP) is 3.29. The van der Waals surface area contributed by atoms with Gasteiger partial charge in [-0.25, -0.2) is 4.98 Å². The number of carbonyl (C=O) groups excluding carboxylic acids is 2. The summed E-state index contributed by atoms with van der Waals surface area (Å²) in [6.45, 7) is 7.30. The predicted molar refractivity (Wildman–Crippen MR) is 119 cm³/mol. The van der Waals surface area contributed by atoms with Crippen molar-refractivity contribution in [3.05, 3.63) is 39.9 Å². The van der Waals surface area contributed by atoms with E-state index in [1.165, 1.54) is 11.3 Å². The molecule has 30 heavy (non-hydrogen) atoms. The first kappa shape index (κ1) is 22.5. The van der Waals surface area contributed by atoms with Gasteiger partial charge in [-0.15, -0.1) is 11.3 Å². The molecule has 9 heteroatoms. The maximum Gasteiger partial charge on any atom is 0.228 e. The minimum atomic E-state index is -0.109. The Hall–Kier alpha value is -2.16. The van der Waals surface area contributed by atoms with E-state index in [1.54, 1.807) is 7.11 Å². The Balaban J connectivity index is 1.49. The second-order valence-corrected chi connectivity index (χ2v) is 8.87. The number of nitrogens with zero attached hydrogens (tertiary/aromatic N) is 3. The highest BCUT2D eigenvalue weighted by molar-refractivity contribution is 7.13. The molecule has 0 radical (unpaired) electrons. The molecule has 1 fully saturated rings. The standard InChI is InChI=1S/C21H27ClN4O3S/c1-14(2)20(28)24-21-23-17(13-30-21)11-19(27)26-8-6-25(7-9-26)12-15-10-16(22)4-5-18(15)29-3/h4-5,10,13-14H,6-9,11-12H2,1-3H3,(H,23,24,28). The summed E-state index contributed by atoms with van der Waals surface area (Å²) in [7, 11) is 1.65. The zero-order valence-electron chi connectivity index (χ0n) is 17.5. The number of anilines is 1. The number of rotatable bonds is 7. The number of benzene rings is 1. The largest absolute Gasteiger partial charge is 0.496 e. The molecule has 2 aromatic rings. The molecule has 2 amide bonds. The number of nitrogens with one attached hydrogen (secondary N) is 1. The summed E-state index contributed by atoms with van der Waals surface area (Å²) in [6.07, 6.45) is 0.246. The molecular formula is C21H27ClN4O3S. The number of hydrogen-bond donors (Lipinski definition) is 1. The van der Waals surface area contributed by atoms with Gasteiger partial charge in [-0.2, -0.15) is 0 Å². The number of aromatic nitrogens is 1. The quantitative estimate of drug-likeness (QED) is 0.700. The molecule has 1 N–H and O–H groups in total. The van der Waals surface area contributed by atoms with Crippen LogP contribution in [0.5, 0.6) is 5.75 Å². The third-order valence-corrected chi connectivity index (χ3v) is 6.04. The van der Waals surface area contributed by atoms with Crippen molar-refractivity contribution in [2.24, 2.45) is 5.92 Å². The van der Waals surface area contributed by atoms with E-state index in [9.17, 15) is 9.59 Å². The van der Waals surface area contributed by atoms with Gasteiger partial charge in [-0.05, 0) is 18.2 Å². The van der Waals surface area contributed by atoms with E-state index in [4.69, 9.17) is 16.3 Å². The highest BCUT2D eigenvalue weighted by atomic mass is 35.5. The van der Waals surface area contributed by atoms with E-state index in [0.717, 1.165) is 30.9 Å². The van der Waals surface area contributed by atoms with Gasteiger partial charge >= 0.3 is 0 Å². The van der Waals surface area contributed by atoms with Crippen LogP contribution in [0.4, 0.5) is 5.13 Å². The smallest absolute Gasteiger partial charge is 0.228 e. The van der Waals surface area contributed by atoms with Crippen molar-refractivity contribution in [2.45, 2.75) is 26.8 Å². The lowest BCUT2D eigenvalue weighted by molar-refractivity contribution is -0.132. The van der Waals surface area contributed by atoms with Crippen LogP contribution in [-0.2, 0) is 22.6 Å². The maximum atomic E-state index is 12.7. The van der Waals surface area contributed by atoms with Gasteiger partial charge < -0.3 is 15.0 Å². The fraction of sp³-hybridized carbons (Fsp3) is 0.476. The highest BCUT2D eigenvalue weighted by Gasteiger charge is 2.23. The second kappa shape index (κ2) is 10.2. The van der Waals surface area contributed by atoms with E-state index in [1.807, 2.05) is 42.3 Å². The van der Waals surface area contributed by atoms with Crippen molar-refractivity contribution < 1.29 is 14.3 Å². The Bertz CT molecular complexity index is 894. The van der Waals surface area contributed by atoms with Crippen LogP contribution in [0.3, 0.4) is 0 Å². The molecule has 0 bridgehead atoms. The van der Waals surface area contributed by atoms with Crippen LogP contribution < -0.4 is 10.1 Å².